The van der Waals surface area contributed by atoms with E-state index in [0.717, 1.165) is 67.5 Å². The average molecular weight is 1030 g/mol. The first-order chi connectivity index (χ1) is 31.6. The van der Waals surface area contributed by atoms with Crippen LogP contribution in [0.5, 0.6) is 0 Å². The van der Waals surface area contributed by atoms with E-state index in [1.165, 1.54) is 58.4 Å². The van der Waals surface area contributed by atoms with Gasteiger partial charge in [-0.15, -0.1) is 0 Å². The number of rotatable bonds is 33. The summed E-state index contributed by atoms with van der Waals surface area (Å²) < 4.78 is 60.8. The number of nitrogens with zero attached hydrogens (tertiary/aromatic N) is 4. The van der Waals surface area contributed by atoms with Crippen LogP contribution >= 0.6 is 35.2 Å². The molecular formula is C39H62N7O17P3S-4. The largest absolute Gasteiger partial charge is 0.790 e. The fraction of sp³-hybridized carbons (Fsp3) is 0.692. The number of carbonyl (C=O) groups is 3. The van der Waals surface area contributed by atoms with Crippen LogP contribution in [0.4, 0.5) is 5.82 Å². The number of fused-ring (bicyclic) bond motifs is 1. The van der Waals surface area contributed by atoms with Crippen LogP contribution < -0.4 is 35.9 Å². The van der Waals surface area contributed by atoms with Gasteiger partial charge in [-0.05, 0) is 44.6 Å². The summed E-state index contributed by atoms with van der Waals surface area (Å²) >= 11 is 1.05. The molecule has 380 valence electrons. The molecule has 0 saturated carbocycles. The Hall–Kier alpha value is -2.96. The van der Waals surface area contributed by atoms with E-state index >= 15 is 0 Å². The van der Waals surface area contributed by atoms with Crippen LogP contribution in [0.2, 0.25) is 0 Å². The Labute approximate surface area is 393 Å². The molecule has 1 aliphatic heterocycles. The third-order valence-electron chi connectivity index (χ3n) is 10.1. The maximum absolute atomic E-state index is 12.6. The Morgan fingerprint density at radius 3 is 2.22 bits per heavy atom. The normalized spacial score (nSPS) is 20.3. The molecule has 7 atom stereocenters. The van der Waals surface area contributed by atoms with Gasteiger partial charge in [0.25, 0.3) is 15.6 Å². The summed E-state index contributed by atoms with van der Waals surface area (Å²) in [6.07, 6.45) is 14.3. The molecule has 6 N–H and O–H groups in total. The number of imidazole rings is 1. The van der Waals surface area contributed by atoms with Crippen molar-refractivity contribution in [3.8, 4) is 0 Å². The number of aliphatic hydroxyl groups excluding tert-OH is 2. The molecule has 0 bridgehead atoms. The van der Waals surface area contributed by atoms with E-state index in [1.807, 2.05) is 6.08 Å². The van der Waals surface area contributed by atoms with Gasteiger partial charge in [-0.1, -0.05) is 89.3 Å². The van der Waals surface area contributed by atoms with Crippen LogP contribution in [-0.2, 0) is 50.7 Å². The number of unbranched alkanes of at least 4 members (excludes halogenated alkanes) is 10. The number of allylic oxidation sites excluding steroid dienone is 3. The van der Waals surface area contributed by atoms with Gasteiger partial charge in [-0.25, -0.2) is 19.3 Å². The Bertz CT molecular complexity index is 2090. The number of nitrogens with one attached hydrogen (secondary N) is 2. The minimum atomic E-state index is -5.92. The van der Waals surface area contributed by atoms with Gasteiger partial charge in [0.15, 0.2) is 17.7 Å². The predicted octanol–water partition coefficient (Wildman–Crippen LogP) is 1.95. The SMILES string of the molecule is CCCCCCCC/C=C/CCCCC/C=C/C(=O)SCCNC(=O)CCNC(=O)[C@H](O)C(C)(C)COP(=O)([O-])OP(=O)([O-])OC[C@H]1O[C@@H](n2cnc3c(N)ncnc32)[C@H](O)[C@@H]1OP(=O)([O-])[O-]. The van der Waals surface area contributed by atoms with Crippen molar-refractivity contribution in [1.29, 1.82) is 0 Å². The molecule has 1 aliphatic rings. The smallest absolute Gasteiger partial charge is 0.274 e. The number of thioether (sulfide) groups is 1. The lowest BCUT2D eigenvalue weighted by molar-refractivity contribution is -0.347. The van der Waals surface area contributed by atoms with Gasteiger partial charge in [-0.2, -0.15) is 0 Å². The van der Waals surface area contributed by atoms with Crippen molar-refractivity contribution < 1.29 is 80.5 Å². The molecule has 0 aromatic carbocycles. The van der Waals surface area contributed by atoms with Gasteiger partial charge in [-0.3, -0.25) is 28.1 Å². The second-order valence-corrected chi connectivity index (χ2v) is 21.4. The molecule has 2 amide bonds. The maximum Gasteiger partial charge on any atom is 0.274 e. The summed E-state index contributed by atoms with van der Waals surface area (Å²) in [5.41, 5.74) is 4.08. The van der Waals surface area contributed by atoms with Crippen LogP contribution in [0, 0.1) is 5.41 Å². The van der Waals surface area contributed by atoms with Gasteiger partial charge >= 0.3 is 0 Å². The zero-order valence-electron chi connectivity index (χ0n) is 37.7. The number of phosphoric acid groups is 3. The summed E-state index contributed by atoms with van der Waals surface area (Å²) in [6.45, 7) is 2.33. The molecule has 2 aromatic heterocycles. The molecule has 0 aliphatic carbocycles. The number of ether oxygens (including phenoxy) is 1. The zero-order valence-corrected chi connectivity index (χ0v) is 41.2. The predicted molar refractivity (Wildman–Crippen MR) is 238 cm³/mol. The molecule has 0 spiro atoms. The lowest BCUT2D eigenvalue weighted by atomic mass is 9.87. The molecule has 28 heteroatoms. The highest BCUT2D eigenvalue weighted by Gasteiger charge is 2.47. The number of nitrogen functional groups attached to an aromatic ring is 1. The number of amides is 2. The number of phosphoric ester groups is 3. The first-order valence-corrected chi connectivity index (χ1v) is 27.2. The Kier molecular flexibility index (Phi) is 24.9. The van der Waals surface area contributed by atoms with Crippen molar-refractivity contribution in [2.45, 2.75) is 135 Å². The van der Waals surface area contributed by atoms with Crippen LogP contribution in [0.15, 0.2) is 37.0 Å². The molecule has 24 nitrogen and oxygen atoms in total. The number of aliphatic hydroxyl groups is 2. The minimum Gasteiger partial charge on any atom is -0.790 e. The average Bonchev–Trinajstić information content (AvgIpc) is 3.81. The Morgan fingerprint density at radius 1 is 0.925 bits per heavy atom. The summed E-state index contributed by atoms with van der Waals surface area (Å²) in [7, 11) is -17.6. The van der Waals surface area contributed by atoms with E-state index in [9.17, 15) is 57.9 Å². The van der Waals surface area contributed by atoms with Gasteiger partial charge in [0.1, 0.15) is 36.3 Å². The van der Waals surface area contributed by atoms with E-state index < -0.39 is 84.6 Å². The summed E-state index contributed by atoms with van der Waals surface area (Å²) in [5, 5.41) is 26.2. The van der Waals surface area contributed by atoms with Crippen molar-refractivity contribution in [2.75, 3.05) is 37.8 Å². The van der Waals surface area contributed by atoms with E-state index in [-0.39, 0.29) is 41.6 Å². The van der Waals surface area contributed by atoms with Crippen molar-refractivity contribution >= 4 is 69.1 Å². The van der Waals surface area contributed by atoms with E-state index in [2.05, 4.69) is 62.5 Å². The van der Waals surface area contributed by atoms with Crippen molar-refractivity contribution in [3.05, 3.63) is 37.0 Å². The standard InChI is InChI=1S/C39H66N7O17P3S/c1-4-5-6-7-8-9-10-11-12-13-14-15-16-17-18-19-30(48)67-23-22-41-29(47)20-21-42-37(51)34(50)39(2,3)25-60-66(57,58)63-65(55,56)59-24-28-33(62-64(52,53)54)32(49)38(61-28)46-27-45-31-35(40)43-26-44-36(31)46/h11-12,18-19,26-28,32-34,38,49-50H,4-10,13-17,20-25H2,1-3H3,(H,41,47)(H,42,51)(H,55,56)(H,57,58)(H2,40,43,44)(H2,52,53,54)/p-4/b12-11+,19-18+/t28-,32-,33-,34+,38-/m1/s1. The maximum atomic E-state index is 12.6. The van der Waals surface area contributed by atoms with Crippen LogP contribution in [-0.4, -0.2) is 103 Å². The monoisotopic (exact) mass is 1030 g/mol. The minimum absolute atomic E-state index is 0.0203. The highest BCUT2D eigenvalue weighted by Crippen LogP contribution is 2.56. The number of aromatic nitrogens is 4. The molecule has 1 fully saturated rings. The van der Waals surface area contributed by atoms with Gasteiger partial charge < -0.3 is 69.0 Å². The summed E-state index contributed by atoms with van der Waals surface area (Å²) in [6, 6.07) is 0. The number of nitrogens with two attached hydrogens (primary N) is 1. The number of carbonyl (C=O) groups excluding carboxylic acids is 3. The molecule has 3 heterocycles. The zero-order chi connectivity index (χ0) is 49.7. The molecule has 3 rings (SSSR count). The molecular weight excluding hydrogens is 963 g/mol. The first-order valence-electron chi connectivity index (χ1n) is 21.9. The number of hydrogen-bond donors (Lipinski definition) is 5. The Morgan fingerprint density at radius 2 is 1.55 bits per heavy atom. The number of anilines is 1. The Balaban J connectivity index is 1.32. The fourth-order valence-corrected chi connectivity index (χ4v) is 9.80. The third-order valence-corrected chi connectivity index (χ3v) is 13.9. The summed E-state index contributed by atoms with van der Waals surface area (Å²) in [5.74, 6) is -1.22. The molecule has 0 radical (unpaired) electrons. The van der Waals surface area contributed by atoms with Gasteiger partial charge in [0, 0.05) is 30.7 Å². The topological polar surface area (TPSA) is 375 Å². The lowest BCUT2D eigenvalue weighted by Crippen LogP contribution is -2.46. The van der Waals surface area contributed by atoms with Crippen LogP contribution in [0.25, 0.3) is 11.2 Å². The number of hydrogen-bond acceptors (Lipinski definition) is 22. The molecule has 1 saturated heterocycles. The van der Waals surface area contributed by atoms with Crippen molar-refractivity contribution in [3.63, 3.8) is 0 Å². The van der Waals surface area contributed by atoms with Crippen LogP contribution in [0.3, 0.4) is 0 Å². The van der Waals surface area contributed by atoms with Gasteiger partial charge in [0.2, 0.25) is 16.9 Å². The molecule has 67 heavy (non-hydrogen) atoms. The molecule has 2 unspecified atom stereocenters. The molecule has 2 aromatic rings. The van der Waals surface area contributed by atoms with E-state index in [1.54, 1.807) is 0 Å². The first kappa shape index (κ1) is 58.4. The van der Waals surface area contributed by atoms with Crippen LogP contribution in [0.1, 0.15) is 110 Å². The highest BCUT2D eigenvalue weighted by molar-refractivity contribution is 8.14. The second kappa shape index (κ2) is 28.6. The van der Waals surface area contributed by atoms with Crippen molar-refractivity contribution in [1.82, 2.24) is 30.2 Å². The highest BCUT2D eigenvalue weighted by atomic mass is 32.2. The summed E-state index contributed by atoms with van der Waals surface area (Å²) in [4.78, 5) is 96.7. The van der Waals surface area contributed by atoms with Crippen molar-refractivity contribution in [2.24, 2.45) is 5.41 Å². The van der Waals surface area contributed by atoms with E-state index in [0.29, 0.717) is 5.75 Å². The third kappa shape index (κ3) is 21.7. The van der Waals surface area contributed by atoms with E-state index in [4.69, 9.17) is 10.5 Å². The second-order valence-electron chi connectivity index (χ2n) is 16.2. The quantitative estimate of drug-likeness (QED) is 0.0295. The fourth-order valence-electron chi connectivity index (χ4n) is 6.47. The van der Waals surface area contributed by atoms with Gasteiger partial charge in [0.05, 0.1) is 27.4 Å². The lowest BCUT2D eigenvalue weighted by Gasteiger charge is -2.36.